The first kappa shape index (κ1) is 11.8. The van der Waals surface area contributed by atoms with Crippen molar-refractivity contribution in [2.45, 2.75) is 0 Å². The van der Waals surface area contributed by atoms with Crippen LogP contribution in [0.4, 0.5) is 0 Å². The number of hydrogen-bond acceptors (Lipinski definition) is 3. The Morgan fingerprint density at radius 3 is 2.57 bits per heavy atom. The van der Waals surface area contributed by atoms with Crippen LogP contribution in [0.3, 0.4) is 0 Å². The van der Waals surface area contributed by atoms with Crippen molar-refractivity contribution in [3.63, 3.8) is 0 Å². The van der Waals surface area contributed by atoms with Crippen LogP contribution in [0.25, 0.3) is 33.5 Å². The zero-order valence-electron chi connectivity index (χ0n) is 11.2. The van der Waals surface area contributed by atoms with E-state index in [0.29, 0.717) is 0 Å². The van der Waals surface area contributed by atoms with Crippen molar-refractivity contribution < 1.29 is 0 Å². The first-order valence-corrected chi connectivity index (χ1v) is 6.71. The molecule has 4 rings (SSSR count). The van der Waals surface area contributed by atoms with Crippen LogP contribution in [0.1, 0.15) is 0 Å². The summed E-state index contributed by atoms with van der Waals surface area (Å²) in [6.07, 6.45) is 5.11. The van der Waals surface area contributed by atoms with Crippen LogP contribution in [-0.4, -0.2) is 19.9 Å². The molecule has 0 atom stereocenters. The summed E-state index contributed by atoms with van der Waals surface area (Å²) in [6, 6.07) is 16.3. The van der Waals surface area contributed by atoms with E-state index in [1.807, 2.05) is 30.5 Å². The van der Waals surface area contributed by atoms with Crippen molar-refractivity contribution in [1.29, 1.82) is 0 Å². The standard InChI is InChI=1S/C17H12N4/c1-2-4-12(5-3-1)16-9-13-8-14(10-19-17(13)21-16)15-6-7-18-11-20-15/h1-11H,(H,19,21). The van der Waals surface area contributed by atoms with E-state index in [0.717, 1.165) is 33.5 Å². The van der Waals surface area contributed by atoms with Crippen LogP contribution in [0, 0.1) is 0 Å². The zero-order chi connectivity index (χ0) is 14.1. The Morgan fingerprint density at radius 1 is 0.857 bits per heavy atom. The molecule has 4 heteroatoms. The summed E-state index contributed by atoms with van der Waals surface area (Å²) < 4.78 is 0. The van der Waals surface area contributed by atoms with Gasteiger partial charge in [0.2, 0.25) is 0 Å². The fraction of sp³-hybridized carbons (Fsp3) is 0. The highest BCUT2D eigenvalue weighted by Crippen LogP contribution is 2.25. The van der Waals surface area contributed by atoms with Gasteiger partial charge in [-0.25, -0.2) is 15.0 Å². The normalized spacial score (nSPS) is 10.9. The minimum atomic E-state index is 0.877. The molecule has 0 aliphatic carbocycles. The van der Waals surface area contributed by atoms with Crippen molar-refractivity contribution in [3.8, 4) is 22.5 Å². The lowest BCUT2D eigenvalue weighted by Crippen LogP contribution is -1.85. The molecule has 0 spiro atoms. The quantitative estimate of drug-likeness (QED) is 0.605. The summed E-state index contributed by atoms with van der Waals surface area (Å²) >= 11 is 0. The highest BCUT2D eigenvalue weighted by Gasteiger charge is 2.06. The smallest absolute Gasteiger partial charge is 0.137 e. The minimum Gasteiger partial charge on any atom is -0.339 e. The number of nitrogens with one attached hydrogen (secondary N) is 1. The Hall–Kier alpha value is -3.01. The fourth-order valence-electron chi connectivity index (χ4n) is 2.39. The van der Waals surface area contributed by atoms with Gasteiger partial charge in [0, 0.05) is 29.0 Å². The average molecular weight is 272 g/mol. The van der Waals surface area contributed by atoms with Crippen molar-refractivity contribution >= 4 is 11.0 Å². The molecule has 1 N–H and O–H groups in total. The van der Waals surface area contributed by atoms with Crippen LogP contribution >= 0.6 is 0 Å². The van der Waals surface area contributed by atoms with Gasteiger partial charge in [0.15, 0.2) is 0 Å². The summed E-state index contributed by atoms with van der Waals surface area (Å²) in [4.78, 5) is 16.0. The SMILES string of the molecule is c1ccc(-c2cc3cc(-c4ccncn4)cnc3[nH]2)cc1. The van der Waals surface area contributed by atoms with E-state index in [4.69, 9.17) is 0 Å². The highest BCUT2D eigenvalue weighted by molar-refractivity contribution is 5.86. The lowest BCUT2D eigenvalue weighted by atomic mass is 10.1. The lowest BCUT2D eigenvalue weighted by Gasteiger charge is -1.98. The topological polar surface area (TPSA) is 54.5 Å². The van der Waals surface area contributed by atoms with Crippen LogP contribution in [0.2, 0.25) is 0 Å². The Labute approximate surface area is 121 Å². The number of nitrogens with zero attached hydrogens (tertiary/aromatic N) is 3. The van der Waals surface area contributed by atoms with E-state index < -0.39 is 0 Å². The molecule has 0 amide bonds. The summed E-state index contributed by atoms with van der Waals surface area (Å²) in [5.41, 5.74) is 4.97. The van der Waals surface area contributed by atoms with Gasteiger partial charge in [0.25, 0.3) is 0 Å². The number of H-pyrrole nitrogens is 1. The van der Waals surface area contributed by atoms with Crippen LogP contribution in [-0.2, 0) is 0 Å². The molecule has 100 valence electrons. The molecular weight excluding hydrogens is 260 g/mol. The number of hydrogen-bond donors (Lipinski definition) is 1. The fourth-order valence-corrected chi connectivity index (χ4v) is 2.39. The number of fused-ring (bicyclic) bond motifs is 1. The van der Waals surface area contributed by atoms with Crippen LogP contribution in [0.5, 0.6) is 0 Å². The molecule has 0 saturated carbocycles. The van der Waals surface area contributed by atoms with Gasteiger partial charge in [0.1, 0.15) is 12.0 Å². The van der Waals surface area contributed by atoms with Gasteiger partial charge in [-0.1, -0.05) is 30.3 Å². The molecular formula is C17H12N4. The summed E-state index contributed by atoms with van der Waals surface area (Å²) in [7, 11) is 0. The monoisotopic (exact) mass is 272 g/mol. The van der Waals surface area contributed by atoms with Crippen LogP contribution < -0.4 is 0 Å². The molecule has 4 nitrogen and oxygen atoms in total. The maximum atomic E-state index is 4.49. The van der Waals surface area contributed by atoms with Crippen molar-refractivity contribution in [3.05, 3.63) is 67.3 Å². The molecule has 0 saturated heterocycles. The Balaban J connectivity index is 1.82. The second kappa shape index (κ2) is 4.83. The van der Waals surface area contributed by atoms with Gasteiger partial charge >= 0.3 is 0 Å². The largest absolute Gasteiger partial charge is 0.339 e. The molecule has 0 bridgehead atoms. The van der Waals surface area contributed by atoms with E-state index in [1.54, 1.807) is 12.5 Å². The van der Waals surface area contributed by atoms with Crippen molar-refractivity contribution in [2.75, 3.05) is 0 Å². The molecule has 0 aliphatic rings. The van der Waals surface area contributed by atoms with E-state index >= 15 is 0 Å². The zero-order valence-corrected chi connectivity index (χ0v) is 11.2. The third-order valence-corrected chi connectivity index (χ3v) is 3.43. The number of pyridine rings is 1. The molecule has 0 fully saturated rings. The van der Waals surface area contributed by atoms with E-state index in [2.05, 4.69) is 44.2 Å². The highest BCUT2D eigenvalue weighted by atomic mass is 14.9. The lowest BCUT2D eigenvalue weighted by molar-refractivity contribution is 1.17. The molecule has 3 aromatic heterocycles. The molecule has 1 aromatic carbocycles. The Morgan fingerprint density at radius 2 is 1.76 bits per heavy atom. The third kappa shape index (κ3) is 2.17. The number of benzene rings is 1. The Kier molecular flexibility index (Phi) is 2.71. The average Bonchev–Trinajstić information content (AvgIpc) is 2.99. The van der Waals surface area contributed by atoms with E-state index in [9.17, 15) is 0 Å². The predicted molar refractivity (Wildman–Crippen MR) is 82.6 cm³/mol. The first-order valence-electron chi connectivity index (χ1n) is 6.71. The number of rotatable bonds is 2. The van der Waals surface area contributed by atoms with Crippen molar-refractivity contribution in [1.82, 2.24) is 19.9 Å². The molecule has 0 radical (unpaired) electrons. The van der Waals surface area contributed by atoms with E-state index in [-0.39, 0.29) is 0 Å². The van der Waals surface area contributed by atoms with Crippen LogP contribution in [0.15, 0.2) is 67.3 Å². The van der Waals surface area contributed by atoms with Crippen molar-refractivity contribution in [2.24, 2.45) is 0 Å². The van der Waals surface area contributed by atoms with E-state index in [1.165, 1.54) is 0 Å². The van der Waals surface area contributed by atoms with Gasteiger partial charge < -0.3 is 4.98 Å². The minimum absolute atomic E-state index is 0.877. The molecule has 3 heterocycles. The maximum Gasteiger partial charge on any atom is 0.137 e. The maximum absolute atomic E-state index is 4.49. The summed E-state index contributed by atoms with van der Waals surface area (Å²) in [5, 5.41) is 1.07. The predicted octanol–water partition coefficient (Wildman–Crippen LogP) is 3.69. The third-order valence-electron chi connectivity index (χ3n) is 3.43. The second-order valence-corrected chi connectivity index (χ2v) is 4.81. The number of aromatic amines is 1. The van der Waals surface area contributed by atoms with Gasteiger partial charge in [-0.15, -0.1) is 0 Å². The second-order valence-electron chi connectivity index (χ2n) is 4.81. The molecule has 21 heavy (non-hydrogen) atoms. The molecule has 4 aromatic rings. The van der Waals surface area contributed by atoms with Gasteiger partial charge in [-0.05, 0) is 23.8 Å². The van der Waals surface area contributed by atoms with Gasteiger partial charge in [-0.2, -0.15) is 0 Å². The Bertz CT molecular complexity index is 845. The molecule has 0 aliphatic heterocycles. The molecule has 0 unspecified atom stereocenters. The summed E-state index contributed by atoms with van der Waals surface area (Å²) in [5.74, 6) is 0. The number of aromatic nitrogens is 4. The summed E-state index contributed by atoms with van der Waals surface area (Å²) in [6.45, 7) is 0. The van der Waals surface area contributed by atoms with Gasteiger partial charge in [-0.3, -0.25) is 0 Å². The van der Waals surface area contributed by atoms with Gasteiger partial charge in [0.05, 0.1) is 5.69 Å². The first-order chi connectivity index (χ1) is 10.4.